The Balaban J connectivity index is 1.87. The second-order valence-corrected chi connectivity index (χ2v) is 4.99. The summed E-state index contributed by atoms with van der Waals surface area (Å²) in [5.74, 6) is 0.640. The molecule has 0 amide bonds. The van der Waals surface area contributed by atoms with Gasteiger partial charge in [-0.25, -0.2) is 0 Å². The first-order valence-corrected chi connectivity index (χ1v) is 6.58. The Morgan fingerprint density at radius 1 is 1.53 bits per heavy atom. The Morgan fingerprint density at radius 3 is 3.12 bits per heavy atom. The maximum absolute atomic E-state index is 10.9. The third-order valence-corrected chi connectivity index (χ3v) is 3.31. The van der Waals surface area contributed by atoms with Gasteiger partial charge in [0.15, 0.2) is 6.29 Å². The zero-order valence-corrected chi connectivity index (χ0v) is 11.1. The van der Waals surface area contributed by atoms with Crippen molar-refractivity contribution in [2.24, 2.45) is 0 Å². The predicted octanol–water partition coefficient (Wildman–Crippen LogP) is 3.21. The highest BCUT2D eigenvalue weighted by molar-refractivity contribution is 9.10. The zero-order valence-electron chi connectivity index (χ0n) is 9.52. The van der Waals surface area contributed by atoms with Crippen LogP contribution in [0.15, 0.2) is 22.7 Å². The molecule has 17 heavy (non-hydrogen) atoms. The topological polar surface area (TPSA) is 35.5 Å². The second kappa shape index (κ2) is 6.17. The van der Waals surface area contributed by atoms with Gasteiger partial charge in [0, 0.05) is 17.5 Å². The van der Waals surface area contributed by atoms with Gasteiger partial charge >= 0.3 is 0 Å². The van der Waals surface area contributed by atoms with Gasteiger partial charge in [0.05, 0.1) is 18.3 Å². The van der Waals surface area contributed by atoms with E-state index in [4.69, 9.17) is 9.47 Å². The number of carbonyl (C=O) groups excluding carboxylic acids is 1. The van der Waals surface area contributed by atoms with Gasteiger partial charge in [0.25, 0.3) is 0 Å². The molecule has 0 aromatic heterocycles. The van der Waals surface area contributed by atoms with Gasteiger partial charge in [-0.05, 0) is 31.0 Å². The molecule has 0 N–H and O–H groups in total. The van der Waals surface area contributed by atoms with Crippen LogP contribution in [0.2, 0.25) is 0 Å². The summed E-state index contributed by atoms with van der Waals surface area (Å²) in [6, 6.07) is 5.44. The Kier molecular flexibility index (Phi) is 4.57. The van der Waals surface area contributed by atoms with Crippen molar-refractivity contribution in [2.45, 2.75) is 25.4 Å². The highest BCUT2D eigenvalue weighted by Gasteiger charge is 2.15. The molecule has 4 heteroatoms. The molecule has 1 aliphatic rings. The van der Waals surface area contributed by atoms with E-state index in [-0.39, 0.29) is 0 Å². The molecule has 1 heterocycles. The molecule has 1 atom stereocenters. The summed E-state index contributed by atoms with van der Waals surface area (Å²) in [5.41, 5.74) is 0.576. The number of hydrogen-bond acceptors (Lipinski definition) is 3. The van der Waals surface area contributed by atoms with E-state index < -0.39 is 0 Å². The number of carbonyl (C=O) groups is 1. The molecule has 1 unspecified atom stereocenters. The smallest absolute Gasteiger partial charge is 0.153 e. The van der Waals surface area contributed by atoms with Crippen molar-refractivity contribution in [1.29, 1.82) is 0 Å². The summed E-state index contributed by atoms with van der Waals surface area (Å²) in [7, 11) is 0. The highest BCUT2D eigenvalue weighted by atomic mass is 79.9. The first-order valence-electron chi connectivity index (χ1n) is 5.79. The minimum atomic E-state index is 0.324. The summed E-state index contributed by atoms with van der Waals surface area (Å²) in [5, 5.41) is 0. The monoisotopic (exact) mass is 298 g/mol. The first kappa shape index (κ1) is 12.6. The van der Waals surface area contributed by atoms with Gasteiger partial charge in [0.1, 0.15) is 5.75 Å². The summed E-state index contributed by atoms with van der Waals surface area (Å²) >= 11 is 3.32. The van der Waals surface area contributed by atoms with Crippen LogP contribution >= 0.6 is 15.9 Å². The van der Waals surface area contributed by atoms with Crippen molar-refractivity contribution >= 4 is 22.2 Å². The molecule has 1 aliphatic heterocycles. The molecule has 0 saturated carbocycles. The standard InChI is InChI=1S/C13H15BrO3/c14-11-3-4-13(10(8-11)9-15)17-7-5-12-2-1-6-16-12/h3-4,8-9,12H,1-2,5-7H2. The Bertz CT molecular complexity index is 386. The highest BCUT2D eigenvalue weighted by Crippen LogP contribution is 2.22. The van der Waals surface area contributed by atoms with E-state index in [0.29, 0.717) is 24.0 Å². The molecular formula is C13H15BrO3. The van der Waals surface area contributed by atoms with Crippen LogP contribution in [-0.2, 0) is 4.74 Å². The SMILES string of the molecule is O=Cc1cc(Br)ccc1OCCC1CCCO1. The van der Waals surface area contributed by atoms with Crippen molar-refractivity contribution in [1.82, 2.24) is 0 Å². The molecule has 0 bridgehead atoms. The van der Waals surface area contributed by atoms with Gasteiger partial charge in [-0.15, -0.1) is 0 Å². The third kappa shape index (κ3) is 3.54. The lowest BCUT2D eigenvalue weighted by molar-refractivity contribution is 0.0901. The van der Waals surface area contributed by atoms with Crippen molar-refractivity contribution < 1.29 is 14.3 Å². The van der Waals surface area contributed by atoms with Gasteiger partial charge in [-0.2, -0.15) is 0 Å². The van der Waals surface area contributed by atoms with Crippen LogP contribution in [0.25, 0.3) is 0 Å². The quantitative estimate of drug-likeness (QED) is 0.783. The van der Waals surface area contributed by atoms with E-state index in [1.807, 2.05) is 12.1 Å². The lowest BCUT2D eigenvalue weighted by Crippen LogP contribution is -2.11. The molecule has 0 aliphatic carbocycles. The fraction of sp³-hybridized carbons (Fsp3) is 0.462. The van der Waals surface area contributed by atoms with Gasteiger partial charge in [0.2, 0.25) is 0 Å². The summed E-state index contributed by atoms with van der Waals surface area (Å²) in [6.45, 7) is 1.45. The van der Waals surface area contributed by atoms with Crippen LogP contribution in [0.1, 0.15) is 29.6 Å². The maximum atomic E-state index is 10.9. The second-order valence-electron chi connectivity index (χ2n) is 4.07. The van der Waals surface area contributed by atoms with Crippen LogP contribution in [0.4, 0.5) is 0 Å². The average Bonchev–Trinajstić information content (AvgIpc) is 2.84. The van der Waals surface area contributed by atoms with Gasteiger partial charge < -0.3 is 9.47 Å². The van der Waals surface area contributed by atoms with E-state index in [0.717, 1.165) is 36.6 Å². The van der Waals surface area contributed by atoms with E-state index in [9.17, 15) is 4.79 Å². The van der Waals surface area contributed by atoms with Crippen LogP contribution in [0.3, 0.4) is 0 Å². The Labute approximate surface area is 109 Å². The lowest BCUT2D eigenvalue weighted by atomic mass is 10.2. The minimum Gasteiger partial charge on any atom is -0.493 e. The summed E-state index contributed by atoms with van der Waals surface area (Å²) in [4.78, 5) is 10.9. The zero-order chi connectivity index (χ0) is 12.1. The average molecular weight is 299 g/mol. The molecule has 1 saturated heterocycles. The maximum Gasteiger partial charge on any atom is 0.153 e. The molecule has 2 rings (SSSR count). The largest absolute Gasteiger partial charge is 0.493 e. The normalized spacial score (nSPS) is 19.2. The van der Waals surface area contributed by atoms with E-state index in [1.165, 1.54) is 0 Å². The molecule has 1 fully saturated rings. The van der Waals surface area contributed by atoms with Crippen LogP contribution in [0.5, 0.6) is 5.75 Å². The summed E-state index contributed by atoms with van der Waals surface area (Å²) < 4.78 is 12.0. The van der Waals surface area contributed by atoms with E-state index >= 15 is 0 Å². The van der Waals surface area contributed by atoms with Crippen LogP contribution < -0.4 is 4.74 Å². The molecule has 0 spiro atoms. The van der Waals surface area contributed by atoms with Gasteiger partial charge in [-0.1, -0.05) is 15.9 Å². The van der Waals surface area contributed by atoms with E-state index in [1.54, 1.807) is 6.07 Å². The molecule has 3 nitrogen and oxygen atoms in total. The van der Waals surface area contributed by atoms with Crippen LogP contribution in [0, 0.1) is 0 Å². The molecule has 0 radical (unpaired) electrons. The van der Waals surface area contributed by atoms with Gasteiger partial charge in [-0.3, -0.25) is 4.79 Å². The number of aldehydes is 1. The fourth-order valence-corrected chi connectivity index (χ4v) is 2.29. The third-order valence-electron chi connectivity index (χ3n) is 2.82. The summed E-state index contributed by atoms with van der Waals surface area (Å²) in [6.07, 6.45) is 4.28. The van der Waals surface area contributed by atoms with Crippen molar-refractivity contribution in [3.05, 3.63) is 28.2 Å². The van der Waals surface area contributed by atoms with Crippen molar-refractivity contribution in [2.75, 3.05) is 13.2 Å². The predicted molar refractivity (Wildman–Crippen MR) is 68.6 cm³/mol. The first-order chi connectivity index (χ1) is 8.29. The number of rotatable bonds is 5. The molecule has 1 aromatic rings. The van der Waals surface area contributed by atoms with Crippen LogP contribution in [-0.4, -0.2) is 25.6 Å². The fourth-order valence-electron chi connectivity index (χ4n) is 1.92. The number of benzene rings is 1. The molecule has 92 valence electrons. The van der Waals surface area contributed by atoms with E-state index in [2.05, 4.69) is 15.9 Å². The number of halogens is 1. The van der Waals surface area contributed by atoms with Crippen molar-refractivity contribution in [3.8, 4) is 5.75 Å². The molecule has 1 aromatic carbocycles. The number of hydrogen-bond donors (Lipinski definition) is 0. The lowest BCUT2D eigenvalue weighted by Gasteiger charge is -2.11. The number of ether oxygens (including phenoxy) is 2. The minimum absolute atomic E-state index is 0.324. The van der Waals surface area contributed by atoms with Crippen molar-refractivity contribution in [3.63, 3.8) is 0 Å². The Morgan fingerprint density at radius 2 is 2.41 bits per heavy atom. The molecular weight excluding hydrogens is 284 g/mol. The Hall–Kier alpha value is -0.870.